The molecule has 1 unspecified atom stereocenters. The molecule has 2 N–H and O–H groups in total. The van der Waals surface area contributed by atoms with Crippen molar-refractivity contribution < 1.29 is 4.74 Å². The highest BCUT2D eigenvalue weighted by molar-refractivity contribution is 5.39. The van der Waals surface area contributed by atoms with Crippen LogP contribution >= 0.6 is 0 Å². The summed E-state index contributed by atoms with van der Waals surface area (Å²) >= 11 is 0. The van der Waals surface area contributed by atoms with Crippen molar-refractivity contribution in [3.63, 3.8) is 0 Å². The Morgan fingerprint density at radius 3 is 2.47 bits per heavy atom. The van der Waals surface area contributed by atoms with E-state index in [1.807, 2.05) is 37.4 Å². The van der Waals surface area contributed by atoms with Gasteiger partial charge in [0, 0.05) is 6.20 Å². The average molecular weight is 256 g/mol. The van der Waals surface area contributed by atoms with Gasteiger partial charge < -0.3 is 10.5 Å². The zero-order valence-corrected chi connectivity index (χ0v) is 11.5. The molecule has 0 saturated carbocycles. The number of nitrogens with two attached hydrogens (primary N) is 1. The average Bonchev–Trinajstić information content (AvgIpc) is 2.48. The summed E-state index contributed by atoms with van der Waals surface area (Å²) in [5.41, 5.74) is 8.15. The molecule has 0 saturated heterocycles. The number of aromatic nitrogens is 1. The van der Waals surface area contributed by atoms with Gasteiger partial charge >= 0.3 is 0 Å². The van der Waals surface area contributed by atoms with Crippen molar-refractivity contribution >= 4 is 0 Å². The summed E-state index contributed by atoms with van der Waals surface area (Å²) in [6.07, 6.45) is 4.33. The Balaban J connectivity index is 2.44. The second-order valence-electron chi connectivity index (χ2n) is 4.53. The van der Waals surface area contributed by atoms with E-state index in [1.54, 1.807) is 6.20 Å². The number of nitrogens with zero attached hydrogens (tertiary/aromatic N) is 1. The molecule has 1 heterocycles. The maximum atomic E-state index is 6.61. The zero-order valence-electron chi connectivity index (χ0n) is 11.5. The molecule has 0 aliphatic rings. The van der Waals surface area contributed by atoms with Crippen LogP contribution in [0, 0.1) is 0 Å². The molecular formula is C16H20N2O. The Labute approximate surface area is 114 Å². The zero-order chi connectivity index (χ0) is 13.7. The summed E-state index contributed by atoms with van der Waals surface area (Å²) in [6.45, 7) is 4.67. The van der Waals surface area contributed by atoms with E-state index in [2.05, 4.69) is 24.0 Å². The number of ether oxygens (including phenoxy) is 1. The first-order valence-electron chi connectivity index (χ1n) is 6.63. The smallest absolute Gasteiger partial charge is 0.137 e. The van der Waals surface area contributed by atoms with Crippen LogP contribution in [-0.2, 0) is 5.54 Å². The van der Waals surface area contributed by atoms with Crippen LogP contribution < -0.4 is 10.5 Å². The predicted octanol–water partition coefficient (Wildman–Crippen LogP) is 3.09. The van der Waals surface area contributed by atoms with Gasteiger partial charge in [0.15, 0.2) is 0 Å². The summed E-state index contributed by atoms with van der Waals surface area (Å²) in [5, 5.41) is 0. The third kappa shape index (κ3) is 2.76. The number of hydrogen-bond acceptors (Lipinski definition) is 3. The highest BCUT2D eigenvalue weighted by atomic mass is 16.5. The van der Waals surface area contributed by atoms with Gasteiger partial charge in [-0.25, -0.2) is 0 Å². The van der Waals surface area contributed by atoms with Crippen LogP contribution in [0.3, 0.4) is 0 Å². The van der Waals surface area contributed by atoms with E-state index in [-0.39, 0.29) is 0 Å². The topological polar surface area (TPSA) is 48.1 Å². The fourth-order valence-electron chi connectivity index (χ4n) is 2.22. The Kier molecular flexibility index (Phi) is 4.17. The summed E-state index contributed by atoms with van der Waals surface area (Å²) < 4.78 is 5.50. The van der Waals surface area contributed by atoms with E-state index in [9.17, 15) is 0 Å². The molecule has 2 aromatic rings. The molecule has 1 aromatic carbocycles. The Morgan fingerprint density at radius 2 is 1.84 bits per heavy atom. The number of hydrogen-bond donors (Lipinski definition) is 1. The first kappa shape index (κ1) is 13.6. The number of benzene rings is 1. The molecule has 1 atom stereocenters. The maximum absolute atomic E-state index is 6.61. The van der Waals surface area contributed by atoms with E-state index < -0.39 is 5.54 Å². The highest BCUT2D eigenvalue weighted by Gasteiger charge is 2.28. The standard InChI is InChI=1S/C16H20N2O/c1-3-16(17,13-8-6-5-7-9-13)14-10-15(19-4-2)12-18-11-14/h5-12H,3-4,17H2,1-2H3. The van der Waals surface area contributed by atoms with Gasteiger partial charge in [-0.05, 0) is 30.5 Å². The largest absolute Gasteiger partial charge is 0.492 e. The highest BCUT2D eigenvalue weighted by Crippen LogP contribution is 2.31. The first-order valence-corrected chi connectivity index (χ1v) is 6.63. The lowest BCUT2D eigenvalue weighted by molar-refractivity contribution is 0.337. The van der Waals surface area contributed by atoms with Crippen molar-refractivity contribution in [1.29, 1.82) is 0 Å². The summed E-state index contributed by atoms with van der Waals surface area (Å²) in [7, 11) is 0. The van der Waals surface area contributed by atoms with E-state index in [0.29, 0.717) is 6.61 Å². The molecule has 0 radical (unpaired) electrons. The fraction of sp³-hybridized carbons (Fsp3) is 0.312. The summed E-state index contributed by atoms with van der Waals surface area (Å²) in [5.74, 6) is 0.763. The third-order valence-corrected chi connectivity index (χ3v) is 3.39. The SMILES string of the molecule is CCOc1cncc(C(N)(CC)c2ccccc2)c1. The maximum Gasteiger partial charge on any atom is 0.137 e. The Hall–Kier alpha value is -1.87. The lowest BCUT2D eigenvalue weighted by Crippen LogP contribution is -2.37. The van der Waals surface area contributed by atoms with Gasteiger partial charge in [-0.3, -0.25) is 4.98 Å². The van der Waals surface area contributed by atoms with Crippen molar-refractivity contribution in [2.75, 3.05) is 6.61 Å². The van der Waals surface area contributed by atoms with Crippen LogP contribution in [0.15, 0.2) is 48.8 Å². The van der Waals surface area contributed by atoms with E-state index in [1.165, 1.54) is 0 Å². The minimum atomic E-state index is -0.526. The molecule has 0 spiro atoms. The van der Waals surface area contributed by atoms with Gasteiger partial charge in [0.25, 0.3) is 0 Å². The monoisotopic (exact) mass is 256 g/mol. The van der Waals surface area contributed by atoms with Gasteiger partial charge in [-0.15, -0.1) is 0 Å². The van der Waals surface area contributed by atoms with Crippen LogP contribution in [-0.4, -0.2) is 11.6 Å². The van der Waals surface area contributed by atoms with Crippen molar-refractivity contribution in [2.45, 2.75) is 25.8 Å². The Bertz CT molecular complexity index is 527. The molecule has 0 aliphatic heterocycles. The minimum Gasteiger partial charge on any atom is -0.492 e. The molecular weight excluding hydrogens is 236 g/mol. The van der Waals surface area contributed by atoms with Crippen molar-refractivity contribution in [2.24, 2.45) is 5.73 Å². The minimum absolute atomic E-state index is 0.526. The Morgan fingerprint density at radius 1 is 1.11 bits per heavy atom. The van der Waals surface area contributed by atoms with Gasteiger partial charge in [0.2, 0.25) is 0 Å². The van der Waals surface area contributed by atoms with Crippen LogP contribution in [0.1, 0.15) is 31.4 Å². The first-order chi connectivity index (χ1) is 9.20. The molecule has 0 bridgehead atoms. The van der Waals surface area contributed by atoms with Gasteiger partial charge in [-0.1, -0.05) is 37.3 Å². The van der Waals surface area contributed by atoms with E-state index >= 15 is 0 Å². The van der Waals surface area contributed by atoms with Crippen molar-refractivity contribution in [1.82, 2.24) is 4.98 Å². The second-order valence-corrected chi connectivity index (χ2v) is 4.53. The molecule has 0 amide bonds. The molecule has 3 heteroatoms. The molecule has 2 rings (SSSR count). The van der Waals surface area contributed by atoms with Crippen LogP contribution in [0.2, 0.25) is 0 Å². The molecule has 0 fully saturated rings. The van der Waals surface area contributed by atoms with Crippen LogP contribution in [0.4, 0.5) is 0 Å². The van der Waals surface area contributed by atoms with Gasteiger partial charge in [0.05, 0.1) is 18.3 Å². The van der Waals surface area contributed by atoms with Gasteiger partial charge in [-0.2, -0.15) is 0 Å². The van der Waals surface area contributed by atoms with Crippen LogP contribution in [0.25, 0.3) is 0 Å². The van der Waals surface area contributed by atoms with Crippen molar-refractivity contribution in [3.05, 3.63) is 59.9 Å². The molecule has 19 heavy (non-hydrogen) atoms. The normalized spacial score (nSPS) is 13.8. The lowest BCUT2D eigenvalue weighted by Gasteiger charge is -2.29. The van der Waals surface area contributed by atoms with E-state index in [0.717, 1.165) is 23.3 Å². The molecule has 3 nitrogen and oxygen atoms in total. The summed E-state index contributed by atoms with van der Waals surface area (Å²) in [4.78, 5) is 4.24. The van der Waals surface area contributed by atoms with E-state index in [4.69, 9.17) is 10.5 Å². The van der Waals surface area contributed by atoms with Crippen molar-refractivity contribution in [3.8, 4) is 5.75 Å². The quantitative estimate of drug-likeness (QED) is 0.894. The molecule has 1 aromatic heterocycles. The predicted molar refractivity (Wildman–Crippen MR) is 77.1 cm³/mol. The number of pyridine rings is 1. The van der Waals surface area contributed by atoms with Gasteiger partial charge in [0.1, 0.15) is 5.75 Å². The molecule has 0 aliphatic carbocycles. The molecule has 100 valence electrons. The lowest BCUT2D eigenvalue weighted by atomic mass is 9.82. The third-order valence-electron chi connectivity index (χ3n) is 3.39. The van der Waals surface area contributed by atoms with Crippen LogP contribution in [0.5, 0.6) is 5.75 Å². The summed E-state index contributed by atoms with van der Waals surface area (Å²) in [6, 6.07) is 12.1. The second kappa shape index (κ2) is 5.85. The fourth-order valence-corrected chi connectivity index (χ4v) is 2.22. The number of rotatable bonds is 5.